The Hall–Kier alpha value is -2.45. The fourth-order valence-electron chi connectivity index (χ4n) is 6.55. The van der Waals surface area contributed by atoms with Crippen LogP contribution in [0.5, 0.6) is 5.75 Å². The number of aromatic hydroxyl groups is 1. The summed E-state index contributed by atoms with van der Waals surface area (Å²) in [5.41, 5.74) is 2.32. The molecule has 1 aromatic rings. The third-order valence-electron chi connectivity index (χ3n) is 8.25. The minimum absolute atomic E-state index is 0.0792. The maximum absolute atomic E-state index is 13.5. The number of unbranched alkanes of at least 4 members (excludes halogenated alkanes) is 2. The average molecular weight is 488 g/mol. The molecule has 3 fully saturated rings. The zero-order valence-corrected chi connectivity index (χ0v) is 20.8. The summed E-state index contributed by atoms with van der Waals surface area (Å²) in [6.45, 7) is 5.97. The number of hydrogen-bond acceptors (Lipinski definition) is 6. The van der Waals surface area contributed by atoms with E-state index in [9.17, 15) is 24.6 Å². The lowest BCUT2D eigenvalue weighted by molar-refractivity contribution is -0.270. The number of carbonyl (C=O) groups is 3. The number of carboxylic acids is 1. The van der Waals surface area contributed by atoms with Crippen molar-refractivity contribution in [2.75, 3.05) is 6.54 Å². The molecule has 8 nitrogen and oxygen atoms in total. The number of amides is 2. The van der Waals surface area contributed by atoms with Crippen LogP contribution in [0.3, 0.4) is 0 Å². The average Bonchev–Trinajstić information content (AvgIpc) is 3.27. The molecule has 2 amide bonds. The minimum atomic E-state index is -1.48. The topological polar surface area (TPSA) is 124 Å². The molecule has 3 N–H and O–H groups in total. The third-order valence-corrected chi connectivity index (χ3v) is 8.25. The summed E-state index contributed by atoms with van der Waals surface area (Å²) in [6.07, 6.45) is 3.77. The van der Waals surface area contributed by atoms with Crippen molar-refractivity contribution in [2.45, 2.75) is 84.0 Å². The zero-order chi connectivity index (χ0) is 25.5. The molecule has 1 aromatic carbocycles. The Morgan fingerprint density at radius 3 is 2.43 bits per heavy atom. The molecule has 0 spiro atoms. The lowest BCUT2D eigenvalue weighted by atomic mass is 9.63. The number of hydrogen-bond donors (Lipinski definition) is 3. The lowest BCUT2D eigenvalue weighted by Crippen LogP contribution is -2.53. The quantitative estimate of drug-likeness (QED) is 0.357. The number of phenols is 1. The number of fused-ring (bicyclic) bond motifs is 3. The van der Waals surface area contributed by atoms with Gasteiger partial charge in [-0.15, -0.1) is 0 Å². The predicted octanol–water partition coefficient (Wildman–Crippen LogP) is 3.84. The van der Waals surface area contributed by atoms with Gasteiger partial charge in [-0.3, -0.25) is 19.3 Å². The molecule has 0 radical (unpaired) electrons. The Morgan fingerprint density at radius 1 is 1.11 bits per heavy atom. The van der Waals surface area contributed by atoms with E-state index in [1.165, 1.54) is 4.90 Å². The van der Waals surface area contributed by atoms with E-state index < -0.39 is 35.6 Å². The normalized spacial score (nSPS) is 32.1. The van der Waals surface area contributed by atoms with Gasteiger partial charge in [-0.05, 0) is 74.8 Å². The van der Waals surface area contributed by atoms with Crippen LogP contribution in [0.15, 0.2) is 12.1 Å². The molecule has 8 heteroatoms. The van der Waals surface area contributed by atoms with Gasteiger partial charge in [0.2, 0.25) is 11.8 Å². The van der Waals surface area contributed by atoms with Crippen molar-refractivity contribution < 1.29 is 34.4 Å². The first-order chi connectivity index (χ1) is 16.6. The molecule has 0 aromatic heterocycles. The number of carbonyl (C=O) groups excluding carboxylic acids is 2. The molecule has 2 saturated heterocycles. The van der Waals surface area contributed by atoms with E-state index >= 15 is 0 Å². The number of rotatable bonds is 9. The van der Waals surface area contributed by atoms with Gasteiger partial charge in [-0.1, -0.05) is 19.8 Å². The van der Waals surface area contributed by atoms with Crippen LogP contribution in [0.2, 0.25) is 0 Å². The van der Waals surface area contributed by atoms with Gasteiger partial charge in [0, 0.05) is 24.8 Å². The molecule has 4 rings (SSSR count). The highest BCUT2D eigenvalue weighted by Crippen LogP contribution is 2.59. The van der Waals surface area contributed by atoms with Crippen molar-refractivity contribution in [1.82, 2.24) is 4.90 Å². The SMILES string of the molecule is CCC[C@H]1C[C@@H]2C(=O)N(CCCCCC(=O)O)C(=O)[C@@H]2[C@@H]2C[C@@H](c3cc(C)c(O)c(C)c3)O[C@]12O. The maximum Gasteiger partial charge on any atom is 0.303 e. The van der Waals surface area contributed by atoms with Gasteiger partial charge in [0.05, 0.1) is 17.9 Å². The van der Waals surface area contributed by atoms with E-state index in [1.807, 2.05) is 32.9 Å². The summed E-state index contributed by atoms with van der Waals surface area (Å²) in [4.78, 5) is 38.9. The van der Waals surface area contributed by atoms with Crippen LogP contribution in [0.25, 0.3) is 0 Å². The molecule has 0 bridgehead atoms. The fourth-order valence-corrected chi connectivity index (χ4v) is 6.55. The molecule has 1 saturated carbocycles. The van der Waals surface area contributed by atoms with Crippen LogP contribution in [0.4, 0.5) is 0 Å². The van der Waals surface area contributed by atoms with E-state index in [0.29, 0.717) is 38.5 Å². The predicted molar refractivity (Wildman–Crippen MR) is 127 cm³/mol. The van der Waals surface area contributed by atoms with Gasteiger partial charge in [0.15, 0.2) is 5.79 Å². The van der Waals surface area contributed by atoms with Gasteiger partial charge < -0.3 is 20.1 Å². The zero-order valence-electron chi connectivity index (χ0n) is 20.8. The number of nitrogens with zero attached hydrogens (tertiary/aromatic N) is 1. The van der Waals surface area contributed by atoms with Gasteiger partial charge in [0.1, 0.15) is 5.75 Å². The van der Waals surface area contributed by atoms with Crippen molar-refractivity contribution >= 4 is 17.8 Å². The number of aliphatic carboxylic acids is 1. The Kier molecular flexibility index (Phi) is 7.25. The number of benzene rings is 1. The first-order valence-corrected chi connectivity index (χ1v) is 12.9. The molecule has 3 aliphatic rings. The van der Waals surface area contributed by atoms with Gasteiger partial charge in [-0.2, -0.15) is 0 Å². The number of phenolic OH excluding ortho intramolecular Hbond substituents is 1. The Labute approximate surface area is 206 Å². The molecule has 35 heavy (non-hydrogen) atoms. The fraction of sp³-hybridized carbons (Fsp3) is 0.667. The number of imide groups is 1. The van der Waals surface area contributed by atoms with Gasteiger partial charge >= 0.3 is 5.97 Å². The van der Waals surface area contributed by atoms with E-state index in [-0.39, 0.29) is 36.4 Å². The van der Waals surface area contributed by atoms with Crippen LogP contribution in [0, 0.1) is 37.5 Å². The monoisotopic (exact) mass is 487 g/mol. The molecule has 2 aliphatic heterocycles. The number of ether oxygens (including phenoxy) is 1. The summed E-state index contributed by atoms with van der Waals surface area (Å²) in [6, 6.07) is 3.73. The van der Waals surface area contributed by atoms with E-state index in [4.69, 9.17) is 9.84 Å². The van der Waals surface area contributed by atoms with Crippen molar-refractivity contribution in [3.8, 4) is 5.75 Å². The summed E-state index contributed by atoms with van der Waals surface area (Å²) in [7, 11) is 0. The second kappa shape index (κ2) is 9.90. The van der Waals surface area contributed by atoms with E-state index in [1.54, 1.807) is 0 Å². The van der Waals surface area contributed by atoms with Crippen molar-refractivity contribution in [3.05, 3.63) is 28.8 Å². The number of aliphatic hydroxyl groups is 1. The summed E-state index contributed by atoms with van der Waals surface area (Å²) >= 11 is 0. The van der Waals surface area contributed by atoms with Gasteiger partial charge in [-0.25, -0.2) is 0 Å². The largest absolute Gasteiger partial charge is 0.507 e. The van der Waals surface area contributed by atoms with E-state index in [0.717, 1.165) is 23.1 Å². The molecular formula is C27H37NO7. The van der Waals surface area contributed by atoms with Crippen LogP contribution in [-0.2, 0) is 19.1 Å². The molecule has 2 heterocycles. The Bertz CT molecular complexity index is 984. The van der Waals surface area contributed by atoms with Gasteiger partial charge in [0.25, 0.3) is 0 Å². The molecular weight excluding hydrogens is 450 g/mol. The first-order valence-electron chi connectivity index (χ1n) is 12.9. The Balaban J connectivity index is 1.57. The summed E-state index contributed by atoms with van der Waals surface area (Å²) in [5.74, 6) is -4.27. The van der Waals surface area contributed by atoms with Crippen molar-refractivity contribution in [2.24, 2.45) is 23.7 Å². The van der Waals surface area contributed by atoms with Crippen LogP contribution in [0.1, 0.15) is 81.1 Å². The maximum atomic E-state index is 13.5. The summed E-state index contributed by atoms with van der Waals surface area (Å²) in [5, 5.41) is 30.8. The third kappa shape index (κ3) is 4.58. The Morgan fingerprint density at radius 2 is 1.80 bits per heavy atom. The number of aryl methyl sites for hydroxylation is 2. The minimum Gasteiger partial charge on any atom is -0.507 e. The van der Waals surface area contributed by atoms with Crippen LogP contribution >= 0.6 is 0 Å². The highest BCUT2D eigenvalue weighted by Gasteiger charge is 2.66. The second-order valence-corrected chi connectivity index (χ2v) is 10.6. The molecule has 0 unspecified atom stereocenters. The number of carboxylic acid groups (broad SMARTS) is 1. The van der Waals surface area contributed by atoms with E-state index in [2.05, 4.69) is 0 Å². The lowest BCUT2D eigenvalue weighted by Gasteiger charge is -2.44. The smallest absolute Gasteiger partial charge is 0.303 e. The van der Waals surface area contributed by atoms with Crippen LogP contribution in [-0.4, -0.2) is 50.3 Å². The second-order valence-electron chi connectivity index (χ2n) is 10.6. The first kappa shape index (κ1) is 25.6. The molecule has 6 atom stereocenters. The van der Waals surface area contributed by atoms with Crippen LogP contribution < -0.4 is 0 Å². The highest BCUT2D eigenvalue weighted by molar-refractivity contribution is 6.05. The standard InChI is InChI=1S/C27H37NO7/c1-4-8-18-13-19-23(26(33)28(25(19)32)10-7-5-6-9-22(29)30)20-14-21(35-27(18,20)34)17-11-15(2)24(31)16(3)12-17/h11-12,18-21,23,31,34H,4-10,13-14H2,1-3H3,(H,29,30)/t18-,19-,20-,21-,23-,27+/m0/s1. The molecule has 192 valence electrons. The van der Waals surface area contributed by atoms with Crippen molar-refractivity contribution in [1.29, 1.82) is 0 Å². The van der Waals surface area contributed by atoms with Crippen molar-refractivity contribution in [3.63, 3.8) is 0 Å². The highest BCUT2D eigenvalue weighted by atomic mass is 16.6. The number of likely N-dealkylation sites (tertiary alicyclic amines) is 1. The summed E-state index contributed by atoms with van der Waals surface area (Å²) < 4.78 is 6.35. The molecule has 1 aliphatic carbocycles.